The highest BCUT2D eigenvalue weighted by Crippen LogP contribution is 2.15. The van der Waals surface area contributed by atoms with Crippen LogP contribution in [0.5, 0.6) is 5.75 Å². The van der Waals surface area contributed by atoms with Crippen LogP contribution in [0.25, 0.3) is 0 Å². The van der Waals surface area contributed by atoms with Crippen molar-refractivity contribution < 1.29 is 13.5 Å². The number of benzene rings is 1. The quantitative estimate of drug-likeness (QED) is 0.496. The van der Waals surface area contributed by atoms with Crippen LogP contribution >= 0.6 is 12.2 Å². The molecule has 2 N–H and O–H groups in total. The molecule has 0 heterocycles. The summed E-state index contributed by atoms with van der Waals surface area (Å²) in [5, 5.41) is 7.40. The van der Waals surface area contributed by atoms with Gasteiger partial charge in [-0.15, -0.1) is 0 Å². The number of alkyl halides is 2. The van der Waals surface area contributed by atoms with Gasteiger partial charge in [-0.2, -0.15) is 13.9 Å². The third-order valence-electron chi connectivity index (χ3n) is 2.16. The molecular formula is C12H15F2N3OS. The van der Waals surface area contributed by atoms with Crippen molar-refractivity contribution in [2.75, 3.05) is 6.54 Å². The smallest absolute Gasteiger partial charge is 0.387 e. The summed E-state index contributed by atoms with van der Waals surface area (Å²) in [6, 6.07) is 6.22. The molecule has 0 aliphatic carbocycles. The summed E-state index contributed by atoms with van der Waals surface area (Å²) in [5.41, 5.74) is 4.16. The minimum absolute atomic E-state index is 0.114. The van der Waals surface area contributed by atoms with Crippen molar-refractivity contribution in [3.05, 3.63) is 29.8 Å². The Morgan fingerprint density at radius 3 is 2.53 bits per heavy atom. The first kappa shape index (κ1) is 15.3. The third kappa shape index (κ3) is 5.60. The van der Waals surface area contributed by atoms with E-state index in [-0.39, 0.29) is 5.75 Å². The molecule has 1 aromatic carbocycles. The van der Waals surface area contributed by atoms with Crippen LogP contribution in [0.4, 0.5) is 8.78 Å². The molecule has 0 aliphatic heterocycles. The second kappa shape index (κ2) is 7.63. The van der Waals surface area contributed by atoms with Crippen LogP contribution in [0.1, 0.15) is 19.4 Å². The van der Waals surface area contributed by atoms with Gasteiger partial charge in [-0.25, -0.2) is 0 Å². The molecule has 0 aromatic heterocycles. The molecule has 104 valence electrons. The van der Waals surface area contributed by atoms with Crippen LogP contribution in [-0.2, 0) is 0 Å². The predicted octanol–water partition coefficient (Wildman–Crippen LogP) is 2.50. The van der Waals surface area contributed by atoms with Crippen LogP contribution in [0.15, 0.2) is 29.4 Å². The summed E-state index contributed by atoms with van der Waals surface area (Å²) in [5.74, 6) is 0.114. The Kier molecular flexibility index (Phi) is 6.14. The number of ether oxygens (including phenoxy) is 1. The molecule has 0 radical (unpaired) electrons. The normalized spacial score (nSPS) is 11.3. The molecule has 7 heteroatoms. The van der Waals surface area contributed by atoms with E-state index in [2.05, 4.69) is 20.6 Å². The average Bonchev–Trinajstić information content (AvgIpc) is 2.36. The lowest BCUT2D eigenvalue weighted by Gasteiger charge is -2.07. The second-order valence-electron chi connectivity index (χ2n) is 3.57. The van der Waals surface area contributed by atoms with E-state index in [4.69, 9.17) is 12.2 Å². The van der Waals surface area contributed by atoms with Gasteiger partial charge in [0.1, 0.15) is 5.75 Å². The first-order valence-electron chi connectivity index (χ1n) is 5.66. The zero-order valence-corrected chi connectivity index (χ0v) is 11.4. The van der Waals surface area contributed by atoms with Gasteiger partial charge in [0.05, 0.1) is 5.71 Å². The van der Waals surface area contributed by atoms with E-state index in [9.17, 15) is 8.78 Å². The molecule has 4 nitrogen and oxygen atoms in total. The summed E-state index contributed by atoms with van der Waals surface area (Å²) in [6.07, 6.45) is 0. The highest BCUT2D eigenvalue weighted by molar-refractivity contribution is 7.80. The highest BCUT2D eigenvalue weighted by atomic mass is 32.1. The molecule has 0 saturated carbocycles. The topological polar surface area (TPSA) is 45.7 Å². The van der Waals surface area contributed by atoms with Gasteiger partial charge < -0.3 is 10.1 Å². The van der Waals surface area contributed by atoms with Gasteiger partial charge in [-0.05, 0) is 55.9 Å². The van der Waals surface area contributed by atoms with Gasteiger partial charge in [-0.1, -0.05) is 0 Å². The van der Waals surface area contributed by atoms with Gasteiger partial charge in [0.25, 0.3) is 0 Å². The lowest BCUT2D eigenvalue weighted by atomic mass is 10.1. The van der Waals surface area contributed by atoms with E-state index in [0.29, 0.717) is 17.4 Å². The van der Waals surface area contributed by atoms with E-state index < -0.39 is 6.61 Å². The Labute approximate surface area is 115 Å². The summed E-state index contributed by atoms with van der Waals surface area (Å²) < 4.78 is 28.2. The van der Waals surface area contributed by atoms with Crippen molar-refractivity contribution in [3.8, 4) is 5.75 Å². The fourth-order valence-corrected chi connectivity index (χ4v) is 1.47. The van der Waals surface area contributed by atoms with Crippen molar-refractivity contribution in [2.45, 2.75) is 20.5 Å². The summed E-state index contributed by atoms with van der Waals surface area (Å²) in [7, 11) is 0. The van der Waals surface area contributed by atoms with Crippen LogP contribution in [-0.4, -0.2) is 24.0 Å². The monoisotopic (exact) mass is 287 g/mol. The van der Waals surface area contributed by atoms with E-state index >= 15 is 0 Å². The zero-order chi connectivity index (χ0) is 14.3. The van der Waals surface area contributed by atoms with Crippen LogP contribution in [0, 0.1) is 0 Å². The largest absolute Gasteiger partial charge is 0.435 e. The molecule has 19 heavy (non-hydrogen) atoms. The molecule has 0 amide bonds. The molecule has 0 aliphatic rings. The van der Waals surface area contributed by atoms with Crippen molar-refractivity contribution >= 4 is 23.0 Å². The Hall–Kier alpha value is -1.76. The molecule has 0 bridgehead atoms. The van der Waals surface area contributed by atoms with Crippen LogP contribution in [0.3, 0.4) is 0 Å². The number of thiocarbonyl (C=S) groups is 1. The number of halogens is 2. The molecule has 0 saturated heterocycles. The first-order chi connectivity index (χ1) is 9.02. The van der Waals surface area contributed by atoms with Crippen LogP contribution in [0.2, 0.25) is 0 Å². The molecule has 1 aromatic rings. The van der Waals surface area contributed by atoms with E-state index in [1.54, 1.807) is 19.1 Å². The maximum absolute atomic E-state index is 12.0. The number of hydrogen-bond donors (Lipinski definition) is 2. The SMILES string of the molecule is CCNC(=S)N/N=C(/C)c1ccc(OC(F)F)cc1. The zero-order valence-electron chi connectivity index (χ0n) is 10.6. The van der Waals surface area contributed by atoms with Crippen molar-refractivity contribution in [1.82, 2.24) is 10.7 Å². The van der Waals surface area contributed by atoms with Gasteiger partial charge in [0.15, 0.2) is 5.11 Å². The maximum Gasteiger partial charge on any atom is 0.387 e. The van der Waals surface area contributed by atoms with Gasteiger partial charge in [-0.3, -0.25) is 5.43 Å². The molecule has 0 atom stereocenters. The van der Waals surface area contributed by atoms with Crippen molar-refractivity contribution in [1.29, 1.82) is 0 Å². The van der Waals surface area contributed by atoms with Gasteiger partial charge in [0, 0.05) is 6.54 Å². The maximum atomic E-state index is 12.0. The predicted molar refractivity (Wildman–Crippen MR) is 74.7 cm³/mol. The van der Waals surface area contributed by atoms with E-state index in [1.165, 1.54) is 12.1 Å². The van der Waals surface area contributed by atoms with Crippen molar-refractivity contribution in [2.24, 2.45) is 5.10 Å². The molecule has 0 unspecified atom stereocenters. The molecule has 1 rings (SSSR count). The van der Waals surface area contributed by atoms with Crippen LogP contribution < -0.4 is 15.5 Å². The van der Waals surface area contributed by atoms with E-state index in [0.717, 1.165) is 5.56 Å². The van der Waals surface area contributed by atoms with Gasteiger partial charge >= 0.3 is 6.61 Å². The average molecular weight is 287 g/mol. The molecular weight excluding hydrogens is 272 g/mol. The fraction of sp³-hybridized carbons (Fsp3) is 0.333. The number of hydrazone groups is 1. The lowest BCUT2D eigenvalue weighted by Crippen LogP contribution is -2.32. The highest BCUT2D eigenvalue weighted by Gasteiger charge is 2.04. The number of nitrogens with zero attached hydrogens (tertiary/aromatic N) is 1. The summed E-state index contributed by atoms with van der Waals surface area (Å²) in [4.78, 5) is 0. The molecule has 0 spiro atoms. The summed E-state index contributed by atoms with van der Waals surface area (Å²) >= 11 is 4.96. The Balaban J connectivity index is 2.64. The summed E-state index contributed by atoms with van der Waals surface area (Å²) in [6.45, 7) is 1.59. The standard InChI is InChI=1S/C12H15F2N3OS/c1-3-15-12(19)17-16-8(2)9-4-6-10(7-5-9)18-11(13)14/h4-7,11H,3H2,1-2H3,(H2,15,17,19)/b16-8-. The number of nitrogens with one attached hydrogen (secondary N) is 2. The Bertz CT molecular complexity index is 449. The Morgan fingerprint density at radius 1 is 1.37 bits per heavy atom. The fourth-order valence-electron chi connectivity index (χ4n) is 1.28. The minimum atomic E-state index is -2.82. The molecule has 0 fully saturated rings. The first-order valence-corrected chi connectivity index (χ1v) is 6.07. The van der Waals surface area contributed by atoms with E-state index in [1.807, 2.05) is 6.92 Å². The van der Waals surface area contributed by atoms with Gasteiger partial charge in [0.2, 0.25) is 0 Å². The minimum Gasteiger partial charge on any atom is -0.435 e. The van der Waals surface area contributed by atoms with Crippen molar-refractivity contribution in [3.63, 3.8) is 0 Å². The second-order valence-corrected chi connectivity index (χ2v) is 3.98. The Morgan fingerprint density at radius 2 is 2.00 bits per heavy atom. The number of rotatable bonds is 5. The number of hydrogen-bond acceptors (Lipinski definition) is 3. The lowest BCUT2D eigenvalue weighted by molar-refractivity contribution is -0.0498. The third-order valence-corrected chi connectivity index (χ3v) is 2.40.